The zero-order valence-corrected chi connectivity index (χ0v) is 8.42. The Labute approximate surface area is 91.4 Å². The highest BCUT2D eigenvalue weighted by atomic mass is 16.4. The van der Waals surface area contributed by atoms with Gasteiger partial charge in [-0.15, -0.1) is 0 Å². The highest BCUT2D eigenvalue weighted by Crippen LogP contribution is 2.18. The molecule has 6 nitrogen and oxygen atoms in total. The van der Waals surface area contributed by atoms with Gasteiger partial charge < -0.3 is 5.11 Å². The largest absolute Gasteiger partial charge is 0.478 e. The third-order valence-corrected chi connectivity index (χ3v) is 2.44. The molecule has 0 unspecified atom stereocenters. The molecule has 0 bridgehead atoms. The lowest BCUT2D eigenvalue weighted by Gasteiger charge is -2.30. The normalized spacial score (nSPS) is 20.4. The summed E-state index contributed by atoms with van der Waals surface area (Å²) in [6.07, 6.45) is 4.85. The number of hydrogen-bond donors (Lipinski definition) is 1. The molecule has 0 atom stereocenters. The molecular formula is C10H10N2O4. The van der Waals surface area contributed by atoms with Crippen molar-refractivity contribution in [1.29, 1.82) is 0 Å². The highest BCUT2D eigenvalue weighted by Gasteiger charge is 2.34. The van der Waals surface area contributed by atoms with Crippen LogP contribution >= 0.6 is 0 Å². The molecule has 0 aliphatic carbocycles. The van der Waals surface area contributed by atoms with Crippen LogP contribution in [0.25, 0.3) is 0 Å². The van der Waals surface area contributed by atoms with Gasteiger partial charge >= 0.3 is 5.97 Å². The number of carbonyl (C=O) groups is 3. The number of carbonyl (C=O) groups excluding carboxylic acids is 2. The molecule has 0 aromatic heterocycles. The maximum atomic E-state index is 11.4. The van der Waals surface area contributed by atoms with Crippen LogP contribution in [0.1, 0.15) is 12.8 Å². The second-order valence-corrected chi connectivity index (χ2v) is 3.54. The molecule has 6 heteroatoms. The topological polar surface area (TPSA) is 77.9 Å². The number of nitrogens with zero attached hydrogens (tertiary/aromatic N) is 2. The third-order valence-electron chi connectivity index (χ3n) is 2.44. The molecule has 1 N–H and O–H groups in total. The van der Waals surface area contributed by atoms with Crippen molar-refractivity contribution in [2.45, 2.75) is 12.8 Å². The van der Waals surface area contributed by atoms with E-state index in [1.807, 2.05) is 0 Å². The molecule has 0 saturated carbocycles. The molecule has 2 heterocycles. The molecule has 16 heavy (non-hydrogen) atoms. The Hall–Kier alpha value is -2.11. The smallest absolute Gasteiger partial charge is 0.333 e. The summed E-state index contributed by atoms with van der Waals surface area (Å²) in [6.45, 7) is 0.0311. The lowest BCUT2D eigenvalue weighted by molar-refractivity contribution is -0.153. The number of rotatable bonds is 2. The first-order valence-corrected chi connectivity index (χ1v) is 4.82. The number of allylic oxidation sites excluding steroid dienone is 2. The third kappa shape index (κ3) is 1.69. The van der Waals surface area contributed by atoms with Gasteiger partial charge in [0.25, 0.3) is 0 Å². The Balaban J connectivity index is 2.16. The van der Waals surface area contributed by atoms with Gasteiger partial charge in [0.15, 0.2) is 0 Å². The van der Waals surface area contributed by atoms with Crippen molar-refractivity contribution in [2.75, 3.05) is 6.54 Å². The van der Waals surface area contributed by atoms with Crippen molar-refractivity contribution in [2.24, 2.45) is 0 Å². The maximum absolute atomic E-state index is 11.4. The van der Waals surface area contributed by atoms with E-state index in [9.17, 15) is 14.4 Å². The molecule has 1 saturated heterocycles. The number of aliphatic carboxylic acids is 1. The summed E-state index contributed by atoms with van der Waals surface area (Å²) >= 11 is 0. The molecule has 0 aromatic rings. The van der Waals surface area contributed by atoms with E-state index in [-0.39, 0.29) is 36.8 Å². The average Bonchev–Trinajstić information content (AvgIpc) is 2.59. The molecule has 0 radical (unpaired) electrons. The molecule has 84 valence electrons. The van der Waals surface area contributed by atoms with E-state index >= 15 is 0 Å². The lowest BCUT2D eigenvalue weighted by Crippen LogP contribution is -2.44. The predicted octanol–water partition coefficient (Wildman–Crippen LogP) is -0.109. The lowest BCUT2D eigenvalue weighted by atomic mass is 10.2. The van der Waals surface area contributed by atoms with E-state index in [0.29, 0.717) is 0 Å². The highest BCUT2D eigenvalue weighted by molar-refractivity contribution is 6.01. The van der Waals surface area contributed by atoms with Crippen molar-refractivity contribution in [3.05, 3.63) is 23.9 Å². The van der Waals surface area contributed by atoms with E-state index < -0.39 is 5.97 Å². The zero-order chi connectivity index (χ0) is 11.7. The van der Waals surface area contributed by atoms with Crippen molar-refractivity contribution < 1.29 is 19.5 Å². The fourth-order valence-electron chi connectivity index (χ4n) is 1.67. The Morgan fingerprint density at radius 3 is 2.44 bits per heavy atom. The number of hydrazine groups is 1. The molecule has 1 fully saturated rings. The van der Waals surface area contributed by atoms with Crippen molar-refractivity contribution in [3.8, 4) is 0 Å². The van der Waals surface area contributed by atoms with Crippen molar-refractivity contribution >= 4 is 17.8 Å². The van der Waals surface area contributed by atoms with Gasteiger partial charge in [0.2, 0.25) is 11.8 Å². The van der Waals surface area contributed by atoms with Crippen LogP contribution in [0.15, 0.2) is 23.9 Å². The molecule has 2 aliphatic rings. The first-order valence-electron chi connectivity index (χ1n) is 4.82. The standard InChI is InChI=1S/C10H10N2O4/c13-8-3-4-9(14)12(8)11-5-1-2-7(6-11)10(15)16/h1-2,5H,3-4,6H2,(H,15,16). The van der Waals surface area contributed by atoms with Crippen LogP contribution in [0.4, 0.5) is 0 Å². The Morgan fingerprint density at radius 1 is 1.25 bits per heavy atom. The quantitative estimate of drug-likeness (QED) is 0.659. The first kappa shape index (κ1) is 10.4. The summed E-state index contributed by atoms with van der Waals surface area (Å²) in [6, 6.07) is 0. The van der Waals surface area contributed by atoms with Gasteiger partial charge in [0, 0.05) is 19.0 Å². The molecule has 2 rings (SSSR count). The van der Waals surface area contributed by atoms with Crippen LogP contribution in [-0.2, 0) is 14.4 Å². The number of imide groups is 1. The fourth-order valence-corrected chi connectivity index (χ4v) is 1.67. The van der Waals surface area contributed by atoms with Crippen LogP contribution < -0.4 is 0 Å². The summed E-state index contributed by atoms with van der Waals surface area (Å²) in [7, 11) is 0. The second-order valence-electron chi connectivity index (χ2n) is 3.54. The minimum absolute atomic E-state index is 0.0311. The fraction of sp³-hybridized carbons (Fsp3) is 0.300. The van der Waals surface area contributed by atoms with Crippen LogP contribution in [0, 0.1) is 0 Å². The van der Waals surface area contributed by atoms with E-state index in [1.54, 1.807) is 0 Å². The second kappa shape index (κ2) is 3.80. The van der Waals surface area contributed by atoms with Crippen molar-refractivity contribution in [1.82, 2.24) is 10.0 Å². The summed E-state index contributed by atoms with van der Waals surface area (Å²) in [5, 5.41) is 11.2. The number of carboxylic acid groups (broad SMARTS) is 1. The molecule has 0 spiro atoms. The first-order chi connectivity index (χ1) is 7.59. The van der Waals surface area contributed by atoms with Gasteiger partial charge in [0.05, 0.1) is 12.1 Å². The SMILES string of the molecule is O=C(O)C1=CC=CN(N2C(=O)CCC2=O)C1. The average molecular weight is 222 g/mol. The summed E-state index contributed by atoms with van der Waals surface area (Å²) in [5.41, 5.74) is 0.148. The zero-order valence-electron chi connectivity index (χ0n) is 8.42. The Morgan fingerprint density at radius 2 is 1.88 bits per heavy atom. The Bertz CT molecular complexity index is 409. The van der Waals surface area contributed by atoms with Crippen LogP contribution in [0.3, 0.4) is 0 Å². The van der Waals surface area contributed by atoms with Gasteiger partial charge in [-0.1, -0.05) is 0 Å². The van der Waals surface area contributed by atoms with Gasteiger partial charge in [-0.25, -0.2) is 4.79 Å². The van der Waals surface area contributed by atoms with Gasteiger partial charge in [-0.3, -0.25) is 14.6 Å². The number of hydrogen-bond acceptors (Lipinski definition) is 4. The van der Waals surface area contributed by atoms with E-state index in [0.717, 1.165) is 5.01 Å². The van der Waals surface area contributed by atoms with Crippen LogP contribution in [-0.4, -0.2) is 39.5 Å². The van der Waals surface area contributed by atoms with Gasteiger partial charge in [0.1, 0.15) is 0 Å². The minimum atomic E-state index is -1.05. The van der Waals surface area contributed by atoms with E-state index in [4.69, 9.17) is 5.11 Å². The monoisotopic (exact) mass is 222 g/mol. The molecular weight excluding hydrogens is 212 g/mol. The maximum Gasteiger partial charge on any atom is 0.333 e. The van der Waals surface area contributed by atoms with E-state index in [1.165, 1.54) is 23.4 Å². The van der Waals surface area contributed by atoms with Crippen LogP contribution in [0.2, 0.25) is 0 Å². The predicted molar refractivity (Wildman–Crippen MR) is 52.7 cm³/mol. The van der Waals surface area contributed by atoms with E-state index in [2.05, 4.69) is 0 Å². The minimum Gasteiger partial charge on any atom is -0.478 e. The molecule has 2 aliphatic heterocycles. The van der Waals surface area contributed by atoms with Gasteiger partial charge in [-0.05, 0) is 12.2 Å². The summed E-state index contributed by atoms with van der Waals surface area (Å²) in [4.78, 5) is 33.6. The number of amides is 2. The molecule has 2 amide bonds. The van der Waals surface area contributed by atoms with Crippen molar-refractivity contribution in [3.63, 3.8) is 0 Å². The molecule has 0 aromatic carbocycles. The van der Waals surface area contributed by atoms with Gasteiger partial charge in [-0.2, -0.15) is 5.01 Å². The number of carboxylic acids is 1. The Kier molecular flexibility index (Phi) is 2.47. The summed E-state index contributed by atoms with van der Waals surface area (Å²) in [5.74, 6) is -1.63. The van der Waals surface area contributed by atoms with Crippen LogP contribution in [0.5, 0.6) is 0 Å². The summed E-state index contributed by atoms with van der Waals surface area (Å²) < 4.78 is 0.